The van der Waals surface area contributed by atoms with E-state index < -0.39 is 114 Å². The fourth-order valence-corrected chi connectivity index (χ4v) is 5.08. The van der Waals surface area contributed by atoms with Crippen LogP contribution < -0.4 is 10.2 Å². The number of ether oxygens (including phenoxy) is 5. The number of aliphatic hydroxyl groups is 6. The van der Waals surface area contributed by atoms with Crippen LogP contribution >= 0.6 is 0 Å². The summed E-state index contributed by atoms with van der Waals surface area (Å²) in [5, 5.41) is 93.3. The first-order chi connectivity index (χ1) is 21.8. The molecule has 5 rings (SSSR count). The quantitative estimate of drug-likeness (QED) is 0.0954. The number of aromatic hydroxyl groups is 3. The summed E-state index contributed by atoms with van der Waals surface area (Å²) in [7, 11) is 0. The van der Waals surface area contributed by atoms with Gasteiger partial charge >= 0.3 is 5.97 Å². The topological polar surface area (TPSA) is 275 Å². The summed E-state index contributed by atoms with van der Waals surface area (Å²) >= 11 is 0. The number of carbonyl (C=O) groups excluding carboxylic acids is 1. The van der Waals surface area contributed by atoms with Crippen molar-refractivity contribution in [3.05, 3.63) is 46.6 Å². The fraction of sp³-hybridized carbons (Fsp3) is 0.448. The zero-order valence-corrected chi connectivity index (χ0v) is 23.9. The number of hydrogen-bond acceptors (Lipinski definition) is 17. The first kappa shape index (κ1) is 33.3. The van der Waals surface area contributed by atoms with Gasteiger partial charge in [-0.1, -0.05) is 0 Å². The van der Waals surface area contributed by atoms with Crippen LogP contribution in [0.4, 0.5) is 0 Å². The Morgan fingerprint density at radius 3 is 2.15 bits per heavy atom. The smallest absolute Gasteiger partial charge is 0.302 e. The maximum absolute atomic E-state index is 12.9. The van der Waals surface area contributed by atoms with E-state index in [1.165, 1.54) is 24.3 Å². The molecule has 1 aromatic heterocycles. The molecule has 2 aliphatic heterocycles. The summed E-state index contributed by atoms with van der Waals surface area (Å²) in [6.45, 7) is -0.298. The van der Waals surface area contributed by atoms with Crippen LogP contribution in [0.15, 0.2) is 45.6 Å². The standard InChI is InChI=1S/C29H32O17/c1-10(31)41-9-18-21(36)23(38)25(40)28(45-18)46-27-24(39)20(35)17(8-30)44-29(27)43-16-7-14(34)19-13(33)6-15(42-26(19)22(16)37)11-2-4-12(32)5-3-11/h2-7,17-18,20-21,23-25,27-30,32,34-40H,8-9H2,1H3/t17-,18-,20-,21-,23+,24+,25-,27-,28+,29-/m1/s1. The predicted octanol–water partition coefficient (Wildman–Crippen LogP) is -1.85. The number of rotatable bonds is 8. The molecule has 0 unspecified atom stereocenters. The van der Waals surface area contributed by atoms with Crippen molar-refractivity contribution in [3.63, 3.8) is 0 Å². The third-order valence-electron chi connectivity index (χ3n) is 7.55. The summed E-state index contributed by atoms with van der Waals surface area (Å²) in [4.78, 5) is 24.1. The van der Waals surface area contributed by atoms with Gasteiger partial charge in [-0.2, -0.15) is 0 Å². The summed E-state index contributed by atoms with van der Waals surface area (Å²) in [6.07, 6.45) is -17.7. The molecule has 2 aromatic carbocycles. The van der Waals surface area contributed by atoms with E-state index in [2.05, 4.69) is 0 Å². The molecule has 17 heteroatoms. The minimum absolute atomic E-state index is 0.0501. The van der Waals surface area contributed by atoms with Crippen LogP contribution in [-0.4, -0.2) is 127 Å². The maximum Gasteiger partial charge on any atom is 0.302 e. The second-order valence-corrected chi connectivity index (χ2v) is 10.7. The van der Waals surface area contributed by atoms with E-state index >= 15 is 0 Å². The molecule has 0 spiro atoms. The average Bonchev–Trinajstić information content (AvgIpc) is 3.02. The molecule has 46 heavy (non-hydrogen) atoms. The Kier molecular flexibility index (Phi) is 9.68. The number of hydrogen-bond donors (Lipinski definition) is 9. The van der Waals surface area contributed by atoms with Crippen molar-refractivity contribution < 1.29 is 78.9 Å². The highest BCUT2D eigenvalue weighted by atomic mass is 16.8. The molecule has 0 amide bonds. The Hall–Kier alpha value is -4.04. The molecule has 3 aromatic rings. The largest absolute Gasteiger partial charge is 0.508 e. The highest BCUT2D eigenvalue weighted by molar-refractivity contribution is 5.91. The van der Waals surface area contributed by atoms with Crippen molar-refractivity contribution in [1.82, 2.24) is 0 Å². The first-order valence-corrected chi connectivity index (χ1v) is 13.9. The highest BCUT2D eigenvalue weighted by Crippen LogP contribution is 2.42. The number of phenolic OH excluding ortho intramolecular Hbond substituents is 3. The Morgan fingerprint density at radius 2 is 1.50 bits per heavy atom. The van der Waals surface area contributed by atoms with Crippen LogP contribution in [0.25, 0.3) is 22.3 Å². The van der Waals surface area contributed by atoms with E-state index in [4.69, 9.17) is 28.1 Å². The lowest BCUT2D eigenvalue weighted by Crippen LogP contribution is -2.65. The zero-order valence-electron chi connectivity index (χ0n) is 23.9. The van der Waals surface area contributed by atoms with Crippen LogP contribution in [0.2, 0.25) is 0 Å². The molecule has 17 nitrogen and oxygen atoms in total. The van der Waals surface area contributed by atoms with Gasteiger partial charge in [-0.15, -0.1) is 0 Å². The number of fused-ring (bicyclic) bond motifs is 1. The molecule has 0 saturated carbocycles. The molecule has 250 valence electrons. The predicted molar refractivity (Wildman–Crippen MR) is 149 cm³/mol. The van der Waals surface area contributed by atoms with E-state index in [-0.39, 0.29) is 11.5 Å². The van der Waals surface area contributed by atoms with Gasteiger partial charge in [0.1, 0.15) is 72.0 Å². The third kappa shape index (κ3) is 6.45. The lowest BCUT2D eigenvalue weighted by Gasteiger charge is -2.45. The first-order valence-electron chi connectivity index (χ1n) is 13.9. The second kappa shape index (κ2) is 13.4. The normalized spacial score (nSPS) is 31.5. The molecule has 3 heterocycles. The van der Waals surface area contributed by atoms with E-state index in [0.29, 0.717) is 5.56 Å². The van der Waals surface area contributed by atoms with Gasteiger partial charge in [0, 0.05) is 24.6 Å². The number of carbonyl (C=O) groups is 1. The molecule has 2 fully saturated rings. The SMILES string of the molecule is CC(=O)OC[C@H]1O[C@@H](O[C@H]2[C@H](Oc3cc(O)c4c(=O)cc(-c5ccc(O)cc5)oc4c3O)O[C@H](CO)[C@@H](O)[C@@H]2O)[C@H](O)[C@@H](O)[C@@H]1O. The molecule has 2 saturated heterocycles. The van der Waals surface area contributed by atoms with Crippen molar-refractivity contribution in [2.24, 2.45) is 0 Å². The summed E-state index contributed by atoms with van der Waals surface area (Å²) < 4.78 is 33.0. The van der Waals surface area contributed by atoms with Crippen LogP contribution in [0.3, 0.4) is 0 Å². The Balaban J connectivity index is 1.49. The van der Waals surface area contributed by atoms with Gasteiger partial charge in [0.15, 0.2) is 29.2 Å². The average molecular weight is 653 g/mol. The molecule has 2 aliphatic rings. The molecular formula is C29H32O17. The van der Waals surface area contributed by atoms with Gasteiger partial charge in [0.25, 0.3) is 0 Å². The van der Waals surface area contributed by atoms with Crippen molar-refractivity contribution in [1.29, 1.82) is 0 Å². The van der Waals surface area contributed by atoms with Gasteiger partial charge in [0.05, 0.1) is 6.61 Å². The van der Waals surface area contributed by atoms with Crippen LogP contribution in [-0.2, 0) is 23.7 Å². The Labute approximate surface area is 258 Å². The van der Waals surface area contributed by atoms with Crippen molar-refractivity contribution in [2.45, 2.75) is 68.3 Å². The van der Waals surface area contributed by atoms with E-state index in [1.807, 2.05) is 0 Å². The third-order valence-corrected chi connectivity index (χ3v) is 7.55. The number of benzene rings is 2. The van der Waals surface area contributed by atoms with Gasteiger partial charge < -0.3 is 74.1 Å². The van der Waals surface area contributed by atoms with Gasteiger partial charge in [-0.25, -0.2) is 0 Å². The summed E-state index contributed by atoms with van der Waals surface area (Å²) in [5.41, 5.74) is -0.931. The number of esters is 1. The molecule has 0 aliphatic carbocycles. The highest BCUT2D eigenvalue weighted by Gasteiger charge is 2.51. The van der Waals surface area contributed by atoms with Crippen LogP contribution in [0.5, 0.6) is 23.0 Å². The monoisotopic (exact) mass is 652 g/mol. The minimum atomic E-state index is -1.95. The Morgan fingerprint density at radius 1 is 0.848 bits per heavy atom. The maximum atomic E-state index is 12.9. The number of phenols is 3. The van der Waals surface area contributed by atoms with Gasteiger partial charge in [-0.3, -0.25) is 9.59 Å². The number of aliphatic hydroxyl groups excluding tert-OH is 6. The Bertz CT molecular complexity index is 1610. The zero-order chi connectivity index (χ0) is 33.4. The molecule has 0 radical (unpaired) electrons. The minimum Gasteiger partial charge on any atom is -0.508 e. The van der Waals surface area contributed by atoms with E-state index in [0.717, 1.165) is 19.1 Å². The van der Waals surface area contributed by atoms with Crippen LogP contribution in [0.1, 0.15) is 6.92 Å². The van der Waals surface area contributed by atoms with Gasteiger partial charge in [-0.05, 0) is 24.3 Å². The lowest BCUT2D eigenvalue weighted by atomic mass is 9.97. The molecule has 9 N–H and O–H groups in total. The van der Waals surface area contributed by atoms with Crippen molar-refractivity contribution >= 4 is 16.9 Å². The lowest BCUT2D eigenvalue weighted by molar-refractivity contribution is -0.358. The fourth-order valence-electron chi connectivity index (χ4n) is 5.08. The van der Waals surface area contributed by atoms with Gasteiger partial charge in [0.2, 0.25) is 12.0 Å². The van der Waals surface area contributed by atoms with Crippen molar-refractivity contribution in [3.8, 4) is 34.3 Å². The van der Waals surface area contributed by atoms with E-state index in [1.54, 1.807) is 0 Å². The van der Waals surface area contributed by atoms with E-state index in [9.17, 15) is 55.5 Å². The summed E-state index contributed by atoms with van der Waals surface area (Å²) in [6, 6.07) is 7.43. The summed E-state index contributed by atoms with van der Waals surface area (Å²) in [5.74, 6) is -2.94. The molecule has 10 atom stereocenters. The van der Waals surface area contributed by atoms with Crippen molar-refractivity contribution in [2.75, 3.05) is 13.2 Å². The molecule has 0 bridgehead atoms. The second-order valence-electron chi connectivity index (χ2n) is 10.7. The molecular weight excluding hydrogens is 620 g/mol. The van der Waals surface area contributed by atoms with Crippen LogP contribution in [0, 0.1) is 0 Å².